The van der Waals surface area contributed by atoms with E-state index in [0.717, 1.165) is 11.3 Å². The highest BCUT2D eigenvalue weighted by molar-refractivity contribution is 5.96. The van der Waals surface area contributed by atoms with Crippen LogP contribution in [0.25, 0.3) is 0 Å². The predicted molar refractivity (Wildman–Crippen MR) is 108 cm³/mol. The number of carbonyl (C=O) groups is 2. The van der Waals surface area contributed by atoms with Gasteiger partial charge in [-0.25, -0.2) is 0 Å². The number of para-hydroxylation sites is 1. The summed E-state index contributed by atoms with van der Waals surface area (Å²) in [5, 5.41) is 8.74. The molecule has 3 N–H and O–H groups in total. The number of carbonyl (C=O) groups excluding carboxylic acids is 2. The van der Waals surface area contributed by atoms with Gasteiger partial charge < -0.3 is 16.0 Å². The fourth-order valence-electron chi connectivity index (χ4n) is 2.56. The highest BCUT2D eigenvalue weighted by atomic mass is 16.2. The van der Waals surface area contributed by atoms with Gasteiger partial charge in [0.2, 0.25) is 5.91 Å². The molecule has 0 fully saturated rings. The third-order valence-corrected chi connectivity index (χ3v) is 3.93. The van der Waals surface area contributed by atoms with Gasteiger partial charge in [-0.2, -0.15) is 0 Å². The average Bonchev–Trinajstić information content (AvgIpc) is 2.72. The van der Waals surface area contributed by atoms with Crippen LogP contribution in [0.3, 0.4) is 0 Å². The van der Waals surface area contributed by atoms with Crippen molar-refractivity contribution in [3.8, 4) is 0 Å². The SMILES string of the molecule is O=C(CNc1cccc(C(=O)NCc2ccccc2)c1)Nc1ccccc1. The van der Waals surface area contributed by atoms with E-state index in [2.05, 4.69) is 16.0 Å². The molecular weight excluding hydrogens is 338 g/mol. The molecule has 3 aromatic carbocycles. The van der Waals surface area contributed by atoms with Crippen LogP contribution in [-0.2, 0) is 11.3 Å². The second-order valence-corrected chi connectivity index (χ2v) is 6.02. The van der Waals surface area contributed by atoms with Crippen molar-refractivity contribution in [1.29, 1.82) is 0 Å². The standard InChI is InChI=1S/C22H21N3O2/c26-21(25-19-11-5-2-6-12-19)16-23-20-13-7-10-18(14-20)22(27)24-15-17-8-3-1-4-9-17/h1-14,23H,15-16H2,(H,24,27)(H,25,26). The van der Waals surface area contributed by atoms with Crippen molar-refractivity contribution in [3.05, 3.63) is 96.1 Å². The number of hydrogen-bond donors (Lipinski definition) is 3. The molecule has 2 amide bonds. The zero-order chi connectivity index (χ0) is 18.9. The second-order valence-electron chi connectivity index (χ2n) is 6.02. The molecule has 0 bridgehead atoms. The van der Waals surface area contributed by atoms with Crippen LogP contribution in [0.4, 0.5) is 11.4 Å². The van der Waals surface area contributed by atoms with Crippen molar-refractivity contribution < 1.29 is 9.59 Å². The summed E-state index contributed by atoms with van der Waals surface area (Å²) in [5.41, 5.74) is 3.04. The van der Waals surface area contributed by atoms with Crippen LogP contribution in [0.5, 0.6) is 0 Å². The number of amides is 2. The summed E-state index contributed by atoms with van der Waals surface area (Å²) in [4.78, 5) is 24.3. The molecule has 0 saturated carbocycles. The fraction of sp³-hybridized carbons (Fsp3) is 0.0909. The zero-order valence-electron chi connectivity index (χ0n) is 14.8. The number of hydrogen-bond acceptors (Lipinski definition) is 3. The lowest BCUT2D eigenvalue weighted by molar-refractivity contribution is -0.114. The lowest BCUT2D eigenvalue weighted by Crippen LogP contribution is -2.23. The molecule has 3 rings (SSSR count). The second kappa shape index (κ2) is 9.20. The third-order valence-electron chi connectivity index (χ3n) is 3.93. The maximum atomic E-state index is 12.3. The highest BCUT2D eigenvalue weighted by Crippen LogP contribution is 2.11. The first-order valence-corrected chi connectivity index (χ1v) is 8.72. The quantitative estimate of drug-likeness (QED) is 0.603. The predicted octanol–water partition coefficient (Wildman–Crippen LogP) is 3.67. The summed E-state index contributed by atoms with van der Waals surface area (Å²) >= 11 is 0. The van der Waals surface area contributed by atoms with E-state index in [9.17, 15) is 9.59 Å². The van der Waals surface area contributed by atoms with Gasteiger partial charge in [0.15, 0.2) is 0 Å². The minimum Gasteiger partial charge on any atom is -0.376 e. The minimum atomic E-state index is -0.156. The van der Waals surface area contributed by atoms with E-state index in [4.69, 9.17) is 0 Å². The Kier molecular flexibility index (Phi) is 6.20. The number of anilines is 2. The fourth-order valence-corrected chi connectivity index (χ4v) is 2.56. The lowest BCUT2D eigenvalue weighted by atomic mass is 10.1. The Balaban J connectivity index is 1.52. The summed E-state index contributed by atoms with van der Waals surface area (Å²) in [6, 6.07) is 26.1. The number of benzene rings is 3. The highest BCUT2D eigenvalue weighted by Gasteiger charge is 2.07. The zero-order valence-corrected chi connectivity index (χ0v) is 14.8. The van der Waals surface area contributed by atoms with Gasteiger partial charge in [-0.1, -0.05) is 54.6 Å². The van der Waals surface area contributed by atoms with Crippen LogP contribution in [0.15, 0.2) is 84.9 Å². The first kappa shape index (κ1) is 18.2. The van der Waals surface area contributed by atoms with Gasteiger partial charge in [-0.15, -0.1) is 0 Å². The summed E-state index contributed by atoms with van der Waals surface area (Å²) in [6.07, 6.45) is 0. The molecule has 0 saturated heterocycles. The molecule has 5 heteroatoms. The molecule has 0 aromatic heterocycles. The molecule has 0 aliphatic heterocycles. The Hall–Kier alpha value is -3.60. The summed E-state index contributed by atoms with van der Waals surface area (Å²) < 4.78 is 0. The van der Waals surface area contributed by atoms with Crippen LogP contribution in [0.1, 0.15) is 15.9 Å². The van der Waals surface area contributed by atoms with Gasteiger partial charge in [-0.05, 0) is 35.9 Å². The normalized spacial score (nSPS) is 10.1. The minimum absolute atomic E-state index is 0.115. The largest absolute Gasteiger partial charge is 0.376 e. The van der Waals surface area contributed by atoms with Crippen LogP contribution < -0.4 is 16.0 Å². The van der Waals surface area contributed by atoms with E-state index in [0.29, 0.717) is 17.8 Å². The maximum Gasteiger partial charge on any atom is 0.251 e. The molecule has 0 aliphatic rings. The van der Waals surface area contributed by atoms with Crippen LogP contribution >= 0.6 is 0 Å². The smallest absolute Gasteiger partial charge is 0.251 e. The van der Waals surface area contributed by atoms with Crippen molar-refractivity contribution in [2.75, 3.05) is 17.2 Å². The Morgan fingerprint density at radius 3 is 2.15 bits per heavy atom. The van der Waals surface area contributed by atoms with Crippen LogP contribution in [-0.4, -0.2) is 18.4 Å². The Bertz CT molecular complexity index is 896. The molecule has 0 spiro atoms. The third kappa shape index (κ3) is 5.71. The molecule has 5 nitrogen and oxygen atoms in total. The molecule has 0 aliphatic carbocycles. The van der Waals surface area contributed by atoms with Crippen molar-refractivity contribution in [2.45, 2.75) is 6.54 Å². The van der Waals surface area contributed by atoms with Gasteiger partial charge in [0.25, 0.3) is 5.91 Å². The van der Waals surface area contributed by atoms with Gasteiger partial charge in [-0.3, -0.25) is 9.59 Å². The van der Waals surface area contributed by atoms with Crippen molar-refractivity contribution in [2.24, 2.45) is 0 Å². The Morgan fingerprint density at radius 2 is 1.41 bits per heavy atom. The average molecular weight is 359 g/mol. The molecule has 0 unspecified atom stereocenters. The van der Waals surface area contributed by atoms with Crippen LogP contribution in [0.2, 0.25) is 0 Å². The van der Waals surface area contributed by atoms with Crippen molar-refractivity contribution >= 4 is 23.2 Å². The molecular formula is C22H21N3O2. The molecule has 27 heavy (non-hydrogen) atoms. The van der Waals surface area contributed by atoms with Crippen molar-refractivity contribution in [3.63, 3.8) is 0 Å². The van der Waals surface area contributed by atoms with Crippen molar-refractivity contribution in [1.82, 2.24) is 5.32 Å². The van der Waals surface area contributed by atoms with Gasteiger partial charge in [0, 0.05) is 23.5 Å². The van der Waals surface area contributed by atoms with E-state index in [1.165, 1.54) is 0 Å². The van der Waals surface area contributed by atoms with Gasteiger partial charge in [0.1, 0.15) is 0 Å². The Morgan fingerprint density at radius 1 is 0.741 bits per heavy atom. The molecule has 0 atom stereocenters. The van der Waals surface area contributed by atoms with E-state index < -0.39 is 0 Å². The molecule has 136 valence electrons. The van der Waals surface area contributed by atoms with Gasteiger partial charge >= 0.3 is 0 Å². The molecule has 0 heterocycles. The number of rotatable bonds is 7. The number of nitrogens with one attached hydrogen (secondary N) is 3. The Labute approximate surface area is 158 Å². The topological polar surface area (TPSA) is 70.2 Å². The van der Waals surface area contributed by atoms with E-state index in [-0.39, 0.29) is 18.4 Å². The summed E-state index contributed by atoms with van der Waals surface area (Å²) in [7, 11) is 0. The van der Waals surface area contributed by atoms with Gasteiger partial charge in [0.05, 0.1) is 6.54 Å². The van der Waals surface area contributed by atoms with E-state index in [1.54, 1.807) is 18.2 Å². The maximum absolute atomic E-state index is 12.3. The summed E-state index contributed by atoms with van der Waals surface area (Å²) in [6.45, 7) is 0.584. The van der Waals surface area contributed by atoms with E-state index >= 15 is 0 Å². The molecule has 3 aromatic rings. The monoisotopic (exact) mass is 359 g/mol. The first-order chi connectivity index (χ1) is 13.2. The first-order valence-electron chi connectivity index (χ1n) is 8.72. The molecule has 0 radical (unpaired) electrons. The summed E-state index contributed by atoms with van der Waals surface area (Å²) in [5.74, 6) is -0.309. The van der Waals surface area contributed by atoms with Crippen LogP contribution in [0, 0.1) is 0 Å². The lowest BCUT2D eigenvalue weighted by Gasteiger charge is -2.10. The van der Waals surface area contributed by atoms with E-state index in [1.807, 2.05) is 66.7 Å².